The Morgan fingerprint density at radius 2 is 2.13 bits per heavy atom. The number of thioether (sulfide) groups is 1. The third-order valence-electron chi connectivity index (χ3n) is 4.55. The minimum atomic E-state index is -0.0679. The van der Waals surface area contributed by atoms with E-state index in [0.717, 1.165) is 36.7 Å². The lowest BCUT2D eigenvalue weighted by Crippen LogP contribution is -2.46. The van der Waals surface area contributed by atoms with Crippen molar-refractivity contribution in [1.29, 1.82) is 0 Å². The molecule has 2 amide bonds. The van der Waals surface area contributed by atoms with Gasteiger partial charge in [0.2, 0.25) is 0 Å². The summed E-state index contributed by atoms with van der Waals surface area (Å²) in [7, 11) is 0. The van der Waals surface area contributed by atoms with Gasteiger partial charge < -0.3 is 15.4 Å². The van der Waals surface area contributed by atoms with Crippen molar-refractivity contribution in [3.63, 3.8) is 0 Å². The number of carbonyl (C=O) groups excluding carboxylic acids is 1. The Morgan fingerprint density at radius 3 is 2.91 bits per heavy atom. The van der Waals surface area contributed by atoms with Gasteiger partial charge in [-0.1, -0.05) is 24.3 Å². The van der Waals surface area contributed by atoms with Crippen molar-refractivity contribution in [1.82, 2.24) is 10.6 Å². The van der Waals surface area contributed by atoms with E-state index >= 15 is 0 Å². The molecule has 23 heavy (non-hydrogen) atoms. The highest BCUT2D eigenvalue weighted by Crippen LogP contribution is 2.38. The average molecular weight is 334 g/mol. The van der Waals surface area contributed by atoms with Crippen LogP contribution in [0.15, 0.2) is 24.3 Å². The van der Waals surface area contributed by atoms with Gasteiger partial charge >= 0.3 is 6.03 Å². The summed E-state index contributed by atoms with van der Waals surface area (Å²) < 4.78 is 5.81. The summed E-state index contributed by atoms with van der Waals surface area (Å²) in [6.07, 6.45) is 6.91. The third-order valence-corrected chi connectivity index (χ3v) is 5.18. The lowest BCUT2D eigenvalue weighted by atomic mass is 10.0. The highest BCUT2D eigenvalue weighted by atomic mass is 32.2. The first-order valence-corrected chi connectivity index (χ1v) is 9.86. The molecule has 4 nitrogen and oxygen atoms in total. The molecule has 1 aliphatic carbocycles. The van der Waals surface area contributed by atoms with Crippen LogP contribution in [-0.2, 0) is 17.0 Å². The van der Waals surface area contributed by atoms with E-state index in [1.165, 1.54) is 18.4 Å². The number of carbonyl (C=O) groups is 1. The van der Waals surface area contributed by atoms with Crippen molar-refractivity contribution in [3.8, 4) is 0 Å². The molecule has 2 fully saturated rings. The van der Waals surface area contributed by atoms with E-state index < -0.39 is 0 Å². The maximum atomic E-state index is 12.1. The summed E-state index contributed by atoms with van der Waals surface area (Å²) >= 11 is 1.81. The molecule has 2 atom stereocenters. The van der Waals surface area contributed by atoms with E-state index in [1.54, 1.807) is 0 Å². The van der Waals surface area contributed by atoms with E-state index in [1.807, 2.05) is 11.8 Å². The van der Waals surface area contributed by atoms with Gasteiger partial charge in [-0.05, 0) is 49.0 Å². The second kappa shape index (κ2) is 8.06. The molecule has 0 spiro atoms. The van der Waals surface area contributed by atoms with Crippen LogP contribution >= 0.6 is 11.8 Å². The monoisotopic (exact) mass is 334 g/mol. The molecule has 1 saturated heterocycles. The molecule has 0 bridgehead atoms. The quantitative estimate of drug-likeness (QED) is 0.839. The van der Waals surface area contributed by atoms with Gasteiger partial charge in [0.15, 0.2) is 0 Å². The van der Waals surface area contributed by atoms with Crippen LogP contribution in [0.4, 0.5) is 4.79 Å². The van der Waals surface area contributed by atoms with Crippen molar-refractivity contribution in [3.05, 3.63) is 35.4 Å². The Balaban J connectivity index is 1.43. The molecule has 1 aliphatic heterocycles. The fourth-order valence-electron chi connectivity index (χ4n) is 3.17. The van der Waals surface area contributed by atoms with Crippen LogP contribution < -0.4 is 10.6 Å². The van der Waals surface area contributed by atoms with Gasteiger partial charge in [0.05, 0.1) is 6.10 Å². The highest BCUT2D eigenvalue weighted by Gasteiger charge is 2.36. The Labute approximate surface area is 142 Å². The van der Waals surface area contributed by atoms with Crippen LogP contribution in [0.5, 0.6) is 0 Å². The van der Waals surface area contributed by atoms with Crippen LogP contribution in [0.25, 0.3) is 0 Å². The molecule has 0 aromatic heterocycles. The summed E-state index contributed by atoms with van der Waals surface area (Å²) in [6, 6.07) is 8.58. The molecule has 2 unspecified atom stereocenters. The Hall–Kier alpha value is -1.20. The Morgan fingerprint density at radius 1 is 1.30 bits per heavy atom. The Kier molecular flexibility index (Phi) is 5.84. The number of benzene rings is 1. The standard InChI is InChI=1S/C18H26N2O2S/c1-23-12-14-4-2-3-13(9-14)11-19-18(21)20-16-7-8-22-17(10-16)15-5-6-15/h2-4,9,15-17H,5-8,10-12H2,1H3,(H2,19,20,21). The first kappa shape index (κ1) is 16.7. The topological polar surface area (TPSA) is 50.4 Å². The van der Waals surface area contributed by atoms with Crippen LogP contribution in [0.3, 0.4) is 0 Å². The summed E-state index contributed by atoms with van der Waals surface area (Å²) in [5, 5.41) is 6.08. The van der Waals surface area contributed by atoms with Crippen molar-refractivity contribution in [2.24, 2.45) is 5.92 Å². The number of nitrogens with one attached hydrogen (secondary N) is 2. The first-order valence-electron chi connectivity index (χ1n) is 8.47. The second-order valence-electron chi connectivity index (χ2n) is 6.55. The first-order chi connectivity index (χ1) is 11.2. The fraction of sp³-hybridized carbons (Fsp3) is 0.611. The molecule has 1 heterocycles. The lowest BCUT2D eigenvalue weighted by Gasteiger charge is -2.30. The van der Waals surface area contributed by atoms with E-state index in [9.17, 15) is 4.79 Å². The number of hydrogen-bond donors (Lipinski definition) is 2. The van der Waals surface area contributed by atoms with E-state index in [-0.39, 0.29) is 12.1 Å². The second-order valence-corrected chi connectivity index (χ2v) is 7.41. The molecule has 2 N–H and O–H groups in total. The number of rotatable bonds is 6. The number of urea groups is 1. The zero-order chi connectivity index (χ0) is 16.1. The average Bonchev–Trinajstić information content (AvgIpc) is 3.39. The summed E-state index contributed by atoms with van der Waals surface area (Å²) in [6.45, 7) is 1.34. The number of hydrogen-bond acceptors (Lipinski definition) is 3. The van der Waals surface area contributed by atoms with Crippen LogP contribution in [0.1, 0.15) is 36.8 Å². The molecule has 3 rings (SSSR count). The highest BCUT2D eigenvalue weighted by molar-refractivity contribution is 7.97. The molecular formula is C18H26N2O2S. The van der Waals surface area contributed by atoms with Gasteiger partial charge in [0.1, 0.15) is 0 Å². The smallest absolute Gasteiger partial charge is 0.315 e. The van der Waals surface area contributed by atoms with Crippen molar-refractivity contribution in [2.45, 2.75) is 50.1 Å². The van der Waals surface area contributed by atoms with Gasteiger partial charge in [-0.3, -0.25) is 0 Å². The SMILES string of the molecule is CSCc1cccc(CNC(=O)NC2CCOC(C3CC3)C2)c1. The van der Waals surface area contributed by atoms with Crippen molar-refractivity contribution >= 4 is 17.8 Å². The zero-order valence-corrected chi connectivity index (χ0v) is 14.5. The van der Waals surface area contributed by atoms with Crippen molar-refractivity contribution in [2.75, 3.05) is 12.9 Å². The predicted molar refractivity (Wildman–Crippen MR) is 94.5 cm³/mol. The van der Waals surface area contributed by atoms with E-state index in [2.05, 4.69) is 41.2 Å². The van der Waals surface area contributed by atoms with E-state index in [4.69, 9.17) is 4.74 Å². The molecule has 1 saturated carbocycles. The normalized spacial score (nSPS) is 24.2. The molecule has 0 radical (unpaired) electrons. The van der Waals surface area contributed by atoms with Gasteiger partial charge in [-0.25, -0.2) is 4.79 Å². The van der Waals surface area contributed by atoms with Crippen LogP contribution in [0, 0.1) is 5.92 Å². The summed E-state index contributed by atoms with van der Waals surface area (Å²) in [4.78, 5) is 12.1. The molecular weight excluding hydrogens is 308 g/mol. The summed E-state index contributed by atoms with van der Waals surface area (Å²) in [5.41, 5.74) is 2.45. The fourth-order valence-corrected chi connectivity index (χ4v) is 3.68. The molecule has 1 aromatic carbocycles. The minimum absolute atomic E-state index is 0.0679. The van der Waals surface area contributed by atoms with Crippen LogP contribution in [0.2, 0.25) is 0 Å². The molecule has 1 aromatic rings. The predicted octanol–water partition coefficient (Wildman–Crippen LogP) is 3.31. The largest absolute Gasteiger partial charge is 0.378 e. The van der Waals surface area contributed by atoms with Gasteiger partial charge in [-0.15, -0.1) is 0 Å². The minimum Gasteiger partial charge on any atom is -0.378 e. The molecule has 126 valence electrons. The number of ether oxygens (including phenoxy) is 1. The van der Waals surface area contributed by atoms with Gasteiger partial charge in [-0.2, -0.15) is 11.8 Å². The van der Waals surface area contributed by atoms with Crippen LogP contribution in [-0.4, -0.2) is 31.0 Å². The Bertz CT molecular complexity index is 534. The summed E-state index contributed by atoms with van der Waals surface area (Å²) in [5.74, 6) is 1.74. The molecule has 5 heteroatoms. The van der Waals surface area contributed by atoms with Gasteiger partial charge in [0.25, 0.3) is 0 Å². The molecule has 2 aliphatic rings. The lowest BCUT2D eigenvalue weighted by molar-refractivity contribution is -0.00914. The zero-order valence-electron chi connectivity index (χ0n) is 13.7. The van der Waals surface area contributed by atoms with Gasteiger partial charge in [0, 0.05) is 24.9 Å². The maximum Gasteiger partial charge on any atom is 0.315 e. The van der Waals surface area contributed by atoms with Crippen molar-refractivity contribution < 1.29 is 9.53 Å². The number of amides is 2. The van der Waals surface area contributed by atoms with E-state index in [0.29, 0.717) is 12.6 Å². The third kappa shape index (κ3) is 5.15. The maximum absolute atomic E-state index is 12.1.